The quantitative estimate of drug-likeness (QED) is 0.590. The fourth-order valence-corrected chi connectivity index (χ4v) is 4.13. The number of nitrogens with zero attached hydrogens (tertiary/aromatic N) is 3. The fourth-order valence-electron chi connectivity index (χ4n) is 2.66. The largest absolute Gasteiger partial charge is 0.369 e. The van der Waals surface area contributed by atoms with Crippen molar-refractivity contribution in [3.8, 4) is 0 Å². The summed E-state index contributed by atoms with van der Waals surface area (Å²) in [7, 11) is 0. The van der Waals surface area contributed by atoms with Crippen molar-refractivity contribution < 1.29 is 18.7 Å². The number of hydrogen-bond donors (Lipinski definition) is 3. The minimum Gasteiger partial charge on any atom is -0.369 e. The molecule has 12 heteroatoms. The maximum Gasteiger partial charge on any atom is 0.324 e. The lowest BCUT2D eigenvalue weighted by Crippen LogP contribution is -2.32. The van der Waals surface area contributed by atoms with Gasteiger partial charge in [-0.25, -0.2) is 4.98 Å². The molecule has 0 saturated carbocycles. The predicted octanol–water partition coefficient (Wildman–Crippen LogP) is -0.379. The molecule has 0 spiro atoms. The van der Waals surface area contributed by atoms with E-state index < -0.39 is 18.5 Å². The molecule has 2 aromatic rings. The zero-order chi connectivity index (χ0) is 15.5. The molecule has 1 unspecified atom stereocenters. The summed E-state index contributed by atoms with van der Waals surface area (Å²) in [6, 6.07) is 0. The summed E-state index contributed by atoms with van der Waals surface area (Å²) in [5.41, 5.74) is 5.66. The van der Waals surface area contributed by atoms with Gasteiger partial charge in [-0.2, -0.15) is 4.98 Å². The first-order chi connectivity index (χ1) is 10.4. The molecule has 4 atom stereocenters. The van der Waals surface area contributed by atoms with Crippen LogP contribution in [0.15, 0.2) is 11.1 Å². The number of rotatable bonds is 1. The third kappa shape index (κ3) is 2.26. The molecule has 0 bridgehead atoms. The van der Waals surface area contributed by atoms with Crippen molar-refractivity contribution in [2.45, 2.75) is 24.9 Å². The van der Waals surface area contributed by atoms with Crippen LogP contribution < -0.4 is 11.3 Å². The van der Waals surface area contributed by atoms with E-state index in [2.05, 4.69) is 15.0 Å². The van der Waals surface area contributed by atoms with Crippen LogP contribution in [0.4, 0.5) is 5.95 Å². The van der Waals surface area contributed by atoms with Gasteiger partial charge in [-0.05, 0) is 11.8 Å². The SMILES string of the molecule is Nc1nc2c(ncn2[C@H]2C[C@@H]3OP(O)(=S)OC[C@H]3O2)c(=O)[nH]1. The van der Waals surface area contributed by atoms with Gasteiger partial charge in [0.25, 0.3) is 5.56 Å². The van der Waals surface area contributed by atoms with E-state index in [4.69, 9.17) is 31.3 Å². The van der Waals surface area contributed by atoms with E-state index in [9.17, 15) is 9.69 Å². The lowest BCUT2D eigenvalue weighted by atomic mass is 10.2. The number of hydrogen-bond acceptors (Lipinski definition) is 8. The molecule has 0 aromatic carbocycles. The first-order valence-corrected chi connectivity index (χ1v) is 9.05. The van der Waals surface area contributed by atoms with Crippen LogP contribution >= 0.6 is 6.72 Å². The molecule has 2 fully saturated rings. The molecule has 118 valence electrons. The molecule has 0 radical (unpaired) electrons. The Morgan fingerprint density at radius 3 is 3.18 bits per heavy atom. The minimum absolute atomic E-state index is 0.0000981. The number of aromatic nitrogens is 4. The molecular weight excluding hydrogens is 333 g/mol. The van der Waals surface area contributed by atoms with Gasteiger partial charge in [-0.15, -0.1) is 0 Å². The standard InChI is InChI=1S/C10H12N5O5PS/c11-10-13-8-7(9(16)14-10)12-3-15(8)6-1-4-5(19-6)2-18-21(17,22)20-4/h3-6H,1-2H2,(H,17,22)(H3,11,13,14,16)/t4-,5+,6+,21?/m0/s1. The lowest BCUT2D eigenvalue weighted by Gasteiger charge is -2.29. The number of aromatic amines is 1. The summed E-state index contributed by atoms with van der Waals surface area (Å²) >= 11 is 4.84. The van der Waals surface area contributed by atoms with Gasteiger partial charge in [-0.3, -0.25) is 14.3 Å². The van der Waals surface area contributed by atoms with E-state index in [0.29, 0.717) is 12.1 Å². The first kappa shape index (κ1) is 14.2. The molecule has 4 heterocycles. The van der Waals surface area contributed by atoms with Crippen LogP contribution in [-0.4, -0.2) is 43.2 Å². The third-order valence-electron chi connectivity index (χ3n) is 3.61. The predicted molar refractivity (Wildman–Crippen MR) is 78.4 cm³/mol. The molecule has 10 nitrogen and oxygen atoms in total. The van der Waals surface area contributed by atoms with Crippen molar-refractivity contribution in [2.75, 3.05) is 12.3 Å². The molecule has 2 saturated heterocycles. The number of nitrogens with one attached hydrogen (secondary N) is 1. The Labute approximate surface area is 128 Å². The van der Waals surface area contributed by atoms with Crippen LogP contribution in [0.1, 0.15) is 12.6 Å². The number of nitrogens with two attached hydrogens (primary N) is 1. The zero-order valence-electron chi connectivity index (χ0n) is 11.1. The van der Waals surface area contributed by atoms with Gasteiger partial charge < -0.3 is 24.4 Å². The van der Waals surface area contributed by atoms with Crippen molar-refractivity contribution in [3.63, 3.8) is 0 Å². The number of H-pyrrole nitrogens is 1. The summed E-state index contributed by atoms with van der Waals surface area (Å²) in [5, 5.41) is 0. The number of anilines is 1. The molecule has 22 heavy (non-hydrogen) atoms. The maximum atomic E-state index is 11.8. The second kappa shape index (κ2) is 4.82. The van der Waals surface area contributed by atoms with Gasteiger partial charge in [0.2, 0.25) is 5.95 Å². The number of nitrogen functional groups attached to an aromatic ring is 1. The second-order valence-electron chi connectivity index (χ2n) is 5.05. The average Bonchev–Trinajstić information content (AvgIpc) is 3.00. The minimum atomic E-state index is -3.19. The number of imidazole rings is 1. The van der Waals surface area contributed by atoms with Gasteiger partial charge in [0.1, 0.15) is 12.3 Å². The van der Waals surface area contributed by atoms with E-state index >= 15 is 0 Å². The van der Waals surface area contributed by atoms with Crippen LogP contribution in [0.5, 0.6) is 0 Å². The van der Waals surface area contributed by atoms with Gasteiger partial charge >= 0.3 is 6.72 Å². The highest BCUT2D eigenvalue weighted by molar-refractivity contribution is 8.07. The molecular formula is C10H12N5O5PS. The molecule has 0 aliphatic carbocycles. The Morgan fingerprint density at radius 2 is 2.36 bits per heavy atom. The Morgan fingerprint density at radius 1 is 1.55 bits per heavy atom. The molecule has 2 aliphatic heterocycles. The molecule has 4 rings (SSSR count). The van der Waals surface area contributed by atoms with Gasteiger partial charge in [0, 0.05) is 6.42 Å². The van der Waals surface area contributed by atoms with Crippen molar-refractivity contribution in [2.24, 2.45) is 0 Å². The highest BCUT2D eigenvalue weighted by Crippen LogP contribution is 2.52. The number of fused-ring (bicyclic) bond motifs is 2. The van der Waals surface area contributed by atoms with Crippen molar-refractivity contribution in [1.82, 2.24) is 19.5 Å². The Bertz CT molecular complexity index is 852. The van der Waals surface area contributed by atoms with E-state index in [1.807, 2.05) is 0 Å². The Balaban J connectivity index is 1.69. The van der Waals surface area contributed by atoms with Crippen LogP contribution in [0.3, 0.4) is 0 Å². The maximum absolute atomic E-state index is 11.8. The van der Waals surface area contributed by atoms with Crippen molar-refractivity contribution >= 4 is 35.6 Å². The summed E-state index contributed by atoms with van der Waals surface area (Å²) in [4.78, 5) is 32.0. The zero-order valence-corrected chi connectivity index (χ0v) is 12.8. The third-order valence-corrected chi connectivity index (χ3v) is 5.20. The van der Waals surface area contributed by atoms with E-state index in [1.54, 1.807) is 4.57 Å². The molecule has 2 aromatic heterocycles. The van der Waals surface area contributed by atoms with Gasteiger partial charge in [-0.1, -0.05) is 0 Å². The van der Waals surface area contributed by atoms with E-state index in [0.717, 1.165) is 0 Å². The van der Waals surface area contributed by atoms with E-state index in [1.165, 1.54) is 6.33 Å². The molecule has 0 amide bonds. The fraction of sp³-hybridized carbons (Fsp3) is 0.500. The van der Waals surface area contributed by atoms with Crippen molar-refractivity contribution in [3.05, 3.63) is 16.7 Å². The van der Waals surface area contributed by atoms with Crippen LogP contribution in [0.2, 0.25) is 0 Å². The van der Waals surface area contributed by atoms with Crippen molar-refractivity contribution in [1.29, 1.82) is 0 Å². The van der Waals surface area contributed by atoms with Gasteiger partial charge in [0.15, 0.2) is 11.2 Å². The highest BCUT2D eigenvalue weighted by atomic mass is 32.5. The summed E-state index contributed by atoms with van der Waals surface area (Å²) < 4.78 is 17.9. The van der Waals surface area contributed by atoms with Crippen LogP contribution in [0.25, 0.3) is 11.2 Å². The lowest BCUT2D eigenvalue weighted by molar-refractivity contribution is -0.0578. The second-order valence-corrected chi connectivity index (χ2v) is 7.84. The summed E-state index contributed by atoms with van der Waals surface area (Å²) in [6.45, 7) is -3.02. The first-order valence-electron chi connectivity index (χ1n) is 6.46. The molecule has 2 aliphatic rings. The summed E-state index contributed by atoms with van der Waals surface area (Å²) in [5.74, 6) is 0.0000981. The van der Waals surface area contributed by atoms with Crippen LogP contribution in [-0.2, 0) is 25.6 Å². The topological polar surface area (TPSA) is 138 Å². The Hall–Kier alpha value is -1.36. The normalized spacial score (nSPS) is 34.9. The van der Waals surface area contributed by atoms with E-state index in [-0.39, 0.29) is 30.3 Å². The average molecular weight is 345 g/mol. The monoisotopic (exact) mass is 345 g/mol. The highest BCUT2D eigenvalue weighted by Gasteiger charge is 2.44. The Kier molecular flexibility index (Phi) is 3.12. The van der Waals surface area contributed by atoms with Crippen LogP contribution in [0, 0.1) is 0 Å². The number of ether oxygens (including phenoxy) is 1. The molecule has 4 N–H and O–H groups in total. The summed E-state index contributed by atoms with van der Waals surface area (Å²) in [6.07, 6.45) is 0.735. The van der Waals surface area contributed by atoms with Gasteiger partial charge in [0.05, 0.1) is 19.0 Å². The smallest absolute Gasteiger partial charge is 0.324 e.